The van der Waals surface area contributed by atoms with E-state index in [1.807, 2.05) is 0 Å². The molecule has 0 unspecified atom stereocenters. The van der Waals surface area contributed by atoms with Crippen LogP contribution in [0.5, 0.6) is 0 Å². The van der Waals surface area contributed by atoms with E-state index in [1.165, 1.54) is 6.92 Å². The second-order valence-corrected chi connectivity index (χ2v) is 2.90. The van der Waals surface area contributed by atoms with Gasteiger partial charge >= 0.3 is 5.97 Å². The largest absolute Gasteiger partial charge is 0.465 e. The summed E-state index contributed by atoms with van der Waals surface area (Å²) in [5.74, 6) is -1.06. The number of ether oxygens (including phenoxy) is 1. The summed E-state index contributed by atoms with van der Waals surface area (Å²) in [6, 6.07) is 1.05. The molecule has 6 heteroatoms. The minimum Gasteiger partial charge on any atom is -0.465 e. The number of hydrogen-bond acceptors (Lipinski definition) is 3. The van der Waals surface area contributed by atoms with Crippen LogP contribution in [0.4, 0.5) is 8.78 Å². The fraction of sp³-hybridized carbons (Fsp3) is 0.333. The molecule has 0 aromatic carbocycles. The van der Waals surface area contributed by atoms with Crippen LogP contribution in [-0.4, -0.2) is 18.1 Å². The minimum atomic E-state index is -2.89. The van der Waals surface area contributed by atoms with Gasteiger partial charge in [0.1, 0.15) is 5.56 Å². The van der Waals surface area contributed by atoms with E-state index in [1.54, 1.807) is 0 Å². The summed E-state index contributed by atoms with van der Waals surface area (Å²) in [5, 5.41) is 0. The summed E-state index contributed by atoms with van der Waals surface area (Å²) in [5.41, 5.74) is -1.85. The number of methoxy groups -OCH3 is 1. The Morgan fingerprint density at radius 2 is 2.13 bits per heavy atom. The van der Waals surface area contributed by atoms with Crippen LogP contribution in [0.15, 0.2) is 10.9 Å². The van der Waals surface area contributed by atoms with E-state index in [-0.39, 0.29) is 5.69 Å². The molecule has 0 saturated heterocycles. The highest BCUT2D eigenvalue weighted by molar-refractivity contribution is 5.90. The third-order valence-corrected chi connectivity index (χ3v) is 1.82. The summed E-state index contributed by atoms with van der Waals surface area (Å²) in [6.07, 6.45) is -2.89. The quantitative estimate of drug-likeness (QED) is 0.762. The molecule has 0 fully saturated rings. The molecule has 1 rings (SSSR count). The van der Waals surface area contributed by atoms with Crippen molar-refractivity contribution in [2.45, 2.75) is 13.3 Å². The summed E-state index contributed by atoms with van der Waals surface area (Å²) < 4.78 is 29.3. The molecular weight excluding hydrogens is 208 g/mol. The van der Waals surface area contributed by atoms with Gasteiger partial charge in [-0.1, -0.05) is 0 Å². The Morgan fingerprint density at radius 1 is 1.53 bits per heavy atom. The molecule has 15 heavy (non-hydrogen) atoms. The fourth-order valence-corrected chi connectivity index (χ4v) is 1.20. The lowest BCUT2D eigenvalue weighted by Gasteiger charge is -2.06. The lowest BCUT2D eigenvalue weighted by Crippen LogP contribution is -2.22. The normalized spacial score (nSPS) is 10.5. The van der Waals surface area contributed by atoms with Gasteiger partial charge in [-0.15, -0.1) is 0 Å². The van der Waals surface area contributed by atoms with Crippen molar-refractivity contribution in [2.24, 2.45) is 0 Å². The standard InChI is InChI=1S/C9H9F2NO3/c1-4-3-5(7(10)11)6(8(13)12-4)9(14)15-2/h3,7H,1-2H3,(H,12,13). The number of carbonyl (C=O) groups excluding carboxylic acids is 1. The fourth-order valence-electron chi connectivity index (χ4n) is 1.20. The van der Waals surface area contributed by atoms with Gasteiger partial charge in [-0.2, -0.15) is 0 Å². The van der Waals surface area contributed by atoms with Crippen LogP contribution in [0.3, 0.4) is 0 Å². The van der Waals surface area contributed by atoms with Gasteiger partial charge in [0.2, 0.25) is 0 Å². The number of alkyl halides is 2. The zero-order chi connectivity index (χ0) is 11.6. The van der Waals surface area contributed by atoms with Gasteiger partial charge < -0.3 is 9.72 Å². The molecule has 0 radical (unpaired) electrons. The number of rotatable bonds is 2. The minimum absolute atomic E-state index is 0.267. The number of aryl methyl sites for hydroxylation is 1. The topological polar surface area (TPSA) is 59.2 Å². The molecule has 4 nitrogen and oxygen atoms in total. The van der Waals surface area contributed by atoms with Gasteiger partial charge in [0.05, 0.1) is 7.11 Å². The van der Waals surface area contributed by atoms with Gasteiger partial charge in [-0.25, -0.2) is 13.6 Å². The lowest BCUT2D eigenvalue weighted by molar-refractivity contribution is 0.0587. The Kier molecular flexibility index (Phi) is 3.18. The van der Waals surface area contributed by atoms with Crippen LogP contribution < -0.4 is 5.56 Å². The SMILES string of the molecule is COC(=O)c1c(C(F)F)cc(C)[nH]c1=O. The maximum absolute atomic E-state index is 12.5. The third-order valence-electron chi connectivity index (χ3n) is 1.82. The van der Waals surface area contributed by atoms with E-state index >= 15 is 0 Å². The average molecular weight is 217 g/mol. The first kappa shape index (κ1) is 11.4. The Hall–Kier alpha value is -1.72. The van der Waals surface area contributed by atoms with Crippen molar-refractivity contribution in [3.05, 3.63) is 33.2 Å². The highest BCUT2D eigenvalue weighted by atomic mass is 19.3. The Bertz CT molecular complexity index is 439. The number of hydrogen-bond donors (Lipinski definition) is 1. The summed E-state index contributed by atoms with van der Waals surface area (Å²) in [7, 11) is 1.02. The number of aromatic amines is 1. The van der Waals surface area contributed by atoms with E-state index in [4.69, 9.17) is 0 Å². The van der Waals surface area contributed by atoms with Crippen molar-refractivity contribution >= 4 is 5.97 Å². The van der Waals surface area contributed by atoms with Crippen molar-refractivity contribution in [3.63, 3.8) is 0 Å². The maximum Gasteiger partial charge on any atom is 0.344 e. The van der Waals surface area contributed by atoms with E-state index in [0.29, 0.717) is 0 Å². The molecule has 1 N–H and O–H groups in total. The van der Waals surface area contributed by atoms with E-state index in [2.05, 4.69) is 9.72 Å². The Balaban J connectivity index is 3.47. The maximum atomic E-state index is 12.5. The van der Waals surface area contributed by atoms with E-state index < -0.39 is 29.1 Å². The first-order valence-electron chi connectivity index (χ1n) is 4.07. The number of H-pyrrole nitrogens is 1. The predicted molar refractivity (Wildman–Crippen MR) is 48.1 cm³/mol. The number of nitrogens with one attached hydrogen (secondary N) is 1. The van der Waals surface area contributed by atoms with Crippen LogP contribution in [-0.2, 0) is 4.74 Å². The zero-order valence-electron chi connectivity index (χ0n) is 8.14. The third kappa shape index (κ3) is 2.20. The van der Waals surface area contributed by atoms with E-state index in [0.717, 1.165) is 13.2 Å². The van der Waals surface area contributed by atoms with Gasteiger partial charge in [0.15, 0.2) is 0 Å². The molecule has 0 aliphatic carbocycles. The highest BCUT2D eigenvalue weighted by Crippen LogP contribution is 2.21. The molecule has 0 amide bonds. The van der Waals surface area contributed by atoms with Crippen LogP contribution in [0.25, 0.3) is 0 Å². The van der Waals surface area contributed by atoms with Gasteiger partial charge in [0.25, 0.3) is 12.0 Å². The first-order valence-corrected chi connectivity index (χ1v) is 4.07. The molecule has 0 aliphatic rings. The predicted octanol–water partition coefficient (Wildman–Crippen LogP) is 1.41. The summed E-state index contributed by atoms with van der Waals surface area (Å²) in [4.78, 5) is 24.6. The van der Waals surface area contributed by atoms with Gasteiger partial charge in [0, 0.05) is 11.3 Å². The number of pyridine rings is 1. The number of esters is 1. The second-order valence-electron chi connectivity index (χ2n) is 2.90. The first-order chi connectivity index (χ1) is 6.97. The molecule has 1 aromatic rings. The number of aromatic nitrogens is 1. The molecule has 0 spiro atoms. The van der Waals surface area contributed by atoms with Crippen molar-refractivity contribution in [1.82, 2.24) is 4.98 Å². The molecule has 1 aromatic heterocycles. The van der Waals surface area contributed by atoms with Crippen molar-refractivity contribution < 1.29 is 18.3 Å². The van der Waals surface area contributed by atoms with Crippen molar-refractivity contribution in [2.75, 3.05) is 7.11 Å². The lowest BCUT2D eigenvalue weighted by atomic mass is 10.1. The van der Waals surface area contributed by atoms with Gasteiger partial charge in [-0.05, 0) is 13.0 Å². The van der Waals surface area contributed by atoms with Gasteiger partial charge in [-0.3, -0.25) is 4.79 Å². The van der Waals surface area contributed by atoms with Crippen molar-refractivity contribution in [3.8, 4) is 0 Å². The van der Waals surface area contributed by atoms with Crippen LogP contribution in [0.1, 0.15) is 28.0 Å². The molecule has 82 valence electrons. The molecule has 0 saturated carbocycles. The Labute approximate surface area is 83.9 Å². The smallest absolute Gasteiger partial charge is 0.344 e. The van der Waals surface area contributed by atoms with Crippen LogP contribution in [0, 0.1) is 6.92 Å². The van der Waals surface area contributed by atoms with E-state index in [9.17, 15) is 18.4 Å². The zero-order valence-corrected chi connectivity index (χ0v) is 8.14. The second kappa shape index (κ2) is 4.20. The monoisotopic (exact) mass is 217 g/mol. The molecule has 0 bridgehead atoms. The number of carbonyl (C=O) groups is 1. The molecule has 0 atom stereocenters. The Morgan fingerprint density at radius 3 is 2.60 bits per heavy atom. The summed E-state index contributed by atoms with van der Waals surface area (Å²) >= 11 is 0. The van der Waals surface area contributed by atoms with Crippen molar-refractivity contribution in [1.29, 1.82) is 0 Å². The average Bonchev–Trinajstić information content (AvgIpc) is 2.15. The molecule has 0 aliphatic heterocycles. The molecular formula is C9H9F2NO3. The molecule has 1 heterocycles. The number of halogens is 2. The summed E-state index contributed by atoms with van der Waals surface area (Å²) in [6.45, 7) is 1.45. The van der Waals surface area contributed by atoms with Crippen LogP contribution >= 0.6 is 0 Å². The highest BCUT2D eigenvalue weighted by Gasteiger charge is 2.22. The van der Waals surface area contributed by atoms with Crippen LogP contribution in [0.2, 0.25) is 0 Å².